The molecule has 0 amide bonds. The highest BCUT2D eigenvalue weighted by molar-refractivity contribution is 8.01. The Labute approximate surface area is 59.7 Å². The van der Waals surface area contributed by atoms with Gasteiger partial charge in [-0.25, -0.2) is 0 Å². The summed E-state index contributed by atoms with van der Waals surface area (Å²) >= 11 is 1.64. The van der Waals surface area contributed by atoms with E-state index in [9.17, 15) is 0 Å². The van der Waals surface area contributed by atoms with E-state index < -0.39 is 0 Å². The molecule has 1 heterocycles. The molecule has 0 fully saturated rings. The standard InChI is InChI=1S/C7H9NS/c1-2-4-7-5-3-6-8-9-7/h2-3,5-6,8H,1,4H2. The molecular formula is C7H9NS. The zero-order valence-electron chi connectivity index (χ0n) is 5.13. The molecule has 48 valence electrons. The van der Waals surface area contributed by atoms with Gasteiger partial charge in [-0.1, -0.05) is 6.08 Å². The maximum absolute atomic E-state index is 3.65. The van der Waals surface area contributed by atoms with Crippen molar-refractivity contribution in [2.45, 2.75) is 6.42 Å². The molecule has 0 aromatic rings. The molecule has 0 aromatic carbocycles. The van der Waals surface area contributed by atoms with E-state index in [-0.39, 0.29) is 0 Å². The molecule has 1 rings (SSSR count). The summed E-state index contributed by atoms with van der Waals surface area (Å²) in [5.74, 6) is 0. The predicted molar refractivity (Wildman–Crippen MR) is 42.8 cm³/mol. The van der Waals surface area contributed by atoms with Gasteiger partial charge in [0.1, 0.15) is 0 Å². The van der Waals surface area contributed by atoms with Gasteiger partial charge in [0, 0.05) is 11.1 Å². The van der Waals surface area contributed by atoms with Crippen LogP contribution in [-0.4, -0.2) is 0 Å². The minimum absolute atomic E-state index is 0.960. The molecule has 0 unspecified atom stereocenters. The number of hydrogen-bond donors (Lipinski definition) is 1. The van der Waals surface area contributed by atoms with Crippen LogP contribution in [0.1, 0.15) is 6.42 Å². The topological polar surface area (TPSA) is 12.0 Å². The lowest BCUT2D eigenvalue weighted by Crippen LogP contribution is -1.94. The Morgan fingerprint density at radius 3 is 3.22 bits per heavy atom. The van der Waals surface area contributed by atoms with Gasteiger partial charge in [0.05, 0.1) is 0 Å². The predicted octanol–water partition coefficient (Wildman–Crippen LogP) is 2.21. The van der Waals surface area contributed by atoms with Crippen molar-refractivity contribution in [2.75, 3.05) is 0 Å². The fourth-order valence-corrected chi connectivity index (χ4v) is 1.24. The molecular weight excluding hydrogens is 130 g/mol. The Morgan fingerprint density at radius 2 is 2.67 bits per heavy atom. The third kappa shape index (κ3) is 1.98. The Hall–Kier alpha value is -0.630. The van der Waals surface area contributed by atoms with Crippen molar-refractivity contribution in [3.05, 3.63) is 35.9 Å². The van der Waals surface area contributed by atoms with E-state index in [1.165, 1.54) is 4.91 Å². The van der Waals surface area contributed by atoms with Crippen LogP contribution in [0.5, 0.6) is 0 Å². The van der Waals surface area contributed by atoms with E-state index in [1.54, 1.807) is 11.9 Å². The van der Waals surface area contributed by atoms with Crippen molar-refractivity contribution >= 4 is 11.9 Å². The average Bonchev–Trinajstić information content (AvgIpc) is 1.91. The van der Waals surface area contributed by atoms with Crippen LogP contribution in [0.15, 0.2) is 35.9 Å². The smallest absolute Gasteiger partial charge is 0.00978 e. The maximum atomic E-state index is 3.65. The molecule has 1 N–H and O–H groups in total. The third-order valence-electron chi connectivity index (χ3n) is 0.982. The summed E-state index contributed by atoms with van der Waals surface area (Å²) in [4.78, 5) is 1.31. The Balaban J connectivity index is 2.47. The molecule has 0 aromatic heterocycles. The second-order valence-electron chi connectivity index (χ2n) is 1.70. The summed E-state index contributed by atoms with van der Waals surface area (Å²) in [5.41, 5.74) is 0. The second-order valence-corrected chi connectivity index (χ2v) is 2.67. The first-order chi connectivity index (χ1) is 4.43. The molecule has 9 heavy (non-hydrogen) atoms. The summed E-state index contributed by atoms with van der Waals surface area (Å²) < 4.78 is 3.04. The number of nitrogens with one attached hydrogen (secondary N) is 1. The van der Waals surface area contributed by atoms with Gasteiger partial charge < -0.3 is 4.72 Å². The molecule has 1 aliphatic heterocycles. The number of rotatable bonds is 2. The van der Waals surface area contributed by atoms with E-state index in [1.807, 2.05) is 18.4 Å². The van der Waals surface area contributed by atoms with Crippen LogP contribution in [0.4, 0.5) is 0 Å². The highest BCUT2D eigenvalue weighted by Crippen LogP contribution is 2.18. The first kappa shape index (κ1) is 6.49. The minimum atomic E-state index is 0.960. The first-order valence-electron chi connectivity index (χ1n) is 2.82. The zero-order chi connectivity index (χ0) is 6.53. The third-order valence-corrected chi connectivity index (χ3v) is 1.80. The van der Waals surface area contributed by atoms with Gasteiger partial charge in [-0.15, -0.1) is 6.58 Å². The fraction of sp³-hybridized carbons (Fsp3) is 0.143. The lowest BCUT2D eigenvalue weighted by atomic mass is 10.3. The molecule has 0 spiro atoms. The van der Waals surface area contributed by atoms with E-state index in [4.69, 9.17) is 0 Å². The molecule has 0 radical (unpaired) electrons. The summed E-state index contributed by atoms with van der Waals surface area (Å²) in [6, 6.07) is 0. The Morgan fingerprint density at radius 1 is 1.78 bits per heavy atom. The van der Waals surface area contributed by atoms with Crippen molar-refractivity contribution in [1.82, 2.24) is 4.72 Å². The van der Waals surface area contributed by atoms with E-state index in [2.05, 4.69) is 17.4 Å². The van der Waals surface area contributed by atoms with Crippen molar-refractivity contribution in [3.8, 4) is 0 Å². The van der Waals surface area contributed by atoms with Crippen molar-refractivity contribution in [2.24, 2.45) is 0 Å². The second kappa shape index (κ2) is 3.41. The summed E-state index contributed by atoms with van der Waals surface area (Å²) in [6.07, 6.45) is 8.86. The van der Waals surface area contributed by atoms with E-state index in [0.717, 1.165) is 6.42 Å². The highest BCUT2D eigenvalue weighted by atomic mass is 32.2. The van der Waals surface area contributed by atoms with Gasteiger partial charge in [-0.05, 0) is 30.5 Å². The largest absolute Gasteiger partial charge is 0.333 e. The van der Waals surface area contributed by atoms with Gasteiger partial charge in [0.15, 0.2) is 0 Å². The monoisotopic (exact) mass is 139 g/mol. The van der Waals surface area contributed by atoms with Crippen LogP contribution < -0.4 is 4.72 Å². The van der Waals surface area contributed by atoms with Crippen LogP contribution in [0, 0.1) is 0 Å². The van der Waals surface area contributed by atoms with Crippen LogP contribution in [-0.2, 0) is 0 Å². The molecule has 0 aliphatic carbocycles. The van der Waals surface area contributed by atoms with Gasteiger partial charge in [-0.3, -0.25) is 0 Å². The molecule has 2 heteroatoms. The van der Waals surface area contributed by atoms with Gasteiger partial charge in [-0.2, -0.15) is 0 Å². The molecule has 1 aliphatic rings. The fourth-order valence-electron chi connectivity index (χ4n) is 0.590. The normalized spacial score (nSPS) is 16.2. The minimum Gasteiger partial charge on any atom is -0.333 e. The zero-order valence-corrected chi connectivity index (χ0v) is 5.95. The van der Waals surface area contributed by atoms with E-state index in [0.29, 0.717) is 0 Å². The summed E-state index contributed by atoms with van der Waals surface area (Å²) in [6.45, 7) is 3.65. The molecule has 0 saturated heterocycles. The molecule has 0 saturated carbocycles. The number of allylic oxidation sites excluding steroid dienone is 4. The molecule has 1 nitrogen and oxygen atoms in total. The van der Waals surface area contributed by atoms with E-state index >= 15 is 0 Å². The lowest BCUT2D eigenvalue weighted by Gasteiger charge is -2.05. The summed E-state index contributed by atoms with van der Waals surface area (Å²) in [7, 11) is 0. The first-order valence-corrected chi connectivity index (χ1v) is 3.64. The van der Waals surface area contributed by atoms with Crippen molar-refractivity contribution in [1.29, 1.82) is 0 Å². The van der Waals surface area contributed by atoms with Gasteiger partial charge in [0.25, 0.3) is 0 Å². The van der Waals surface area contributed by atoms with Gasteiger partial charge >= 0.3 is 0 Å². The molecule has 0 atom stereocenters. The van der Waals surface area contributed by atoms with Crippen LogP contribution in [0.3, 0.4) is 0 Å². The van der Waals surface area contributed by atoms with Gasteiger partial charge in [0.2, 0.25) is 0 Å². The van der Waals surface area contributed by atoms with Crippen LogP contribution >= 0.6 is 11.9 Å². The maximum Gasteiger partial charge on any atom is 0.00978 e. The van der Waals surface area contributed by atoms with Crippen molar-refractivity contribution in [3.63, 3.8) is 0 Å². The average molecular weight is 139 g/mol. The quantitative estimate of drug-likeness (QED) is 0.465. The Kier molecular flexibility index (Phi) is 2.46. The summed E-state index contributed by atoms with van der Waals surface area (Å²) in [5, 5.41) is 0. The Bertz CT molecular complexity index is 158. The van der Waals surface area contributed by atoms with Crippen LogP contribution in [0.25, 0.3) is 0 Å². The van der Waals surface area contributed by atoms with Crippen LogP contribution in [0.2, 0.25) is 0 Å². The SMILES string of the molecule is C=CCC1=CC=CNS1. The molecule has 0 bridgehead atoms. The highest BCUT2D eigenvalue weighted by Gasteiger charge is 1.94. The number of hydrogen-bond acceptors (Lipinski definition) is 2. The lowest BCUT2D eigenvalue weighted by molar-refractivity contribution is 1.31. The van der Waals surface area contributed by atoms with Crippen molar-refractivity contribution < 1.29 is 0 Å².